The van der Waals surface area contributed by atoms with Crippen molar-refractivity contribution < 1.29 is 32.7 Å². The minimum Gasteiger partial charge on any atom is -0.460 e. The zero-order chi connectivity index (χ0) is 32.1. The second kappa shape index (κ2) is 15.2. The first kappa shape index (κ1) is 33.6. The molecule has 5 rings (SSSR count). The molecule has 9 heteroatoms. The number of rotatable bonds is 12. The molecule has 8 nitrogen and oxygen atoms in total. The molecule has 3 atom stereocenters. The molecular formula is C36H51FN2O6. The third kappa shape index (κ3) is 7.97. The predicted molar refractivity (Wildman–Crippen MR) is 170 cm³/mol. The molecule has 45 heavy (non-hydrogen) atoms. The van der Waals surface area contributed by atoms with E-state index in [-0.39, 0.29) is 47.7 Å². The van der Waals surface area contributed by atoms with Gasteiger partial charge in [0.1, 0.15) is 12.3 Å². The molecule has 2 N–H and O–H groups in total. The van der Waals surface area contributed by atoms with E-state index in [0.29, 0.717) is 43.4 Å². The molecule has 0 spiro atoms. The Bertz CT molecular complexity index is 1310. The normalized spacial score (nSPS) is 28.0. The number of benzene rings is 1. The Labute approximate surface area is 266 Å². The number of carbonyl (C=O) groups excluding carboxylic acids is 3. The van der Waals surface area contributed by atoms with Crippen molar-refractivity contribution in [2.24, 2.45) is 35.3 Å². The van der Waals surface area contributed by atoms with Gasteiger partial charge in [0.25, 0.3) is 0 Å². The number of ether oxygens (including phenoxy) is 2. The number of hydrogen-bond donors (Lipinski definition) is 1. The van der Waals surface area contributed by atoms with Crippen LogP contribution in [0.4, 0.5) is 4.39 Å². The van der Waals surface area contributed by atoms with Gasteiger partial charge < -0.3 is 24.5 Å². The lowest BCUT2D eigenvalue weighted by atomic mass is 9.74. The third-order valence-electron chi connectivity index (χ3n) is 10.7. The number of halogens is 1. The van der Waals surface area contributed by atoms with Gasteiger partial charge in [-0.05, 0) is 112 Å². The van der Waals surface area contributed by atoms with Crippen LogP contribution in [0.15, 0.2) is 28.7 Å². The average Bonchev–Trinajstić information content (AvgIpc) is 3.69. The maximum absolute atomic E-state index is 14.2. The number of alkyl halides is 1. The Kier molecular flexibility index (Phi) is 11.3. The number of hydrogen-bond acceptors (Lipinski definition) is 7. The summed E-state index contributed by atoms with van der Waals surface area (Å²) in [6, 6.07) is 6.31. The van der Waals surface area contributed by atoms with Crippen LogP contribution in [-0.4, -0.2) is 67.7 Å². The van der Waals surface area contributed by atoms with Crippen molar-refractivity contribution in [3.63, 3.8) is 0 Å². The number of ketones is 1. The highest BCUT2D eigenvalue weighted by molar-refractivity contribution is 5.94. The lowest BCUT2D eigenvalue weighted by molar-refractivity contribution is -0.143. The molecule has 3 aliphatic rings. The minimum absolute atomic E-state index is 0.0593. The van der Waals surface area contributed by atoms with E-state index >= 15 is 0 Å². The van der Waals surface area contributed by atoms with Crippen molar-refractivity contribution in [1.29, 1.82) is 0 Å². The summed E-state index contributed by atoms with van der Waals surface area (Å²) in [6.07, 6.45) is 8.90. The minimum atomic E-state index is -0.534. The van der Waals surface area contributed by atoms with Gasteiger partial charge in [0.2, 0.25) is 11.7 Å². The van der Waals surface area contributed by atoms with E-state index in [1.54, 1.807) is 19.2 Å². The summed E-state index contributed by atoms with van der Waals surface area (Å²) in [5.74, 6) is 0.688. The second-order valence-corrected chi connectivity index (χ2v) is 14.1. The topological polar surface area (TPSA) is 112 Å². The second-order valence-electron chi connectivity index (χ2n) is 14.1. The van der Waals surface area contributed by atoms with E-state index in [0.717, 1.165) is 62.3 Å². The van der Waals surface area contributed by atoms with Gasteiger partial charge in [0.15, 0.2) is 5.78 Å². The summed E-state index contributed by atoms with van der Waals surface area (Å²) in [4.78, 5) is 42.6. The van der Waals surface area contributed by atoms with Crippen molar-refractivity contribution >= 4 is 28.6 Å². The van der Waals surface area contributed by atoms with Crippen LogP contribution in [0.1, 0.15) is 94.2 Å². The van der Waals surface area contributed by atoms with Gasteiger partial charge in [-0.15, -0.1) is 0 Å². The van der Waals surface area contributed by atoms with Gasteiger partial charge >= 0.3 is 5.97 Å². The zero-order valence-corrected chi connectivity index (χ0v) is 27.2. The Hall–Kier alpha value is -2.78. The lowest BCUT2D eigenvalue weighted by Crippen LogP contribution is -2.48. The molecule has 1 aliphatic heterocycles. The SMILES string of the molecule is COC1CCC([C@@H]2CCN(C(=O)C3CCC([C@H](N)CF)CC3)[C@@H]2C(=O)Cc2ccc3oc(C(=O)OCCC(C)C)cc3c2)CC1. The molecule has 1 aromatic heterocycles. The summed E-state index contributed by atoms with van der Waals surface area (Å²) >= 11 is 0. The summed E-state index contributed by atoms with van der Waals surface area (Å²) < 4.78 is 29.9. The van der Waals surface area contributed by atoms with E-state index in [1.165, 1.54) is 0 Å². The smallest absolute Gasteiger partial charge is 0.374 e. The Morgan fingerprint density at radius 3 is 2.42 bits per heavy atom. The molecule has 1 aromatic carbocycles. The summed E-state index contributed by atoms with van der Waals surface area (Å²) in [5.41, 5.74) is 7.37. The number of amides is 1. The Morgan fingerprint density at radius 2 is 1.76 bits per heavy atom. The van der Waals surface area contributed by atoms with Gasteiger partial charge in [-0.2, -0.15) is 0 Å². The molecule has 2 aromatic rings. The van der Waals surface area contributed by atoms with E-state index in [9.17, 15) is 18.8 Å². The van der Waals surface area contributed by atoms with Crippen LogP contribution >= 0.6 is 0 Å². The Balaban J connectivity index is 1.30. The molecule has 2 aliphatic carbocycles. The maximum Gasteiger partial charge on any atom is 0.374 e. The number of likely N-dealkylation sites (tertiary alicyclic amines) is 1. The fourth-order valence-corrected chi connectivity index (χ4v) is 7.94. The number of nitrogens with zero attached hydrogens (tertiary/aromatic N) is 1. The first-order chi connectivity index (χ1) is 21.7. The van der Waals surface area contributed by atoms with Crippen molar-refractivity contribution in [2.75, 3.05) is 26.9 Å². The predicted octanol–water partition coefficient (Wildman–Crippen LogP) is 6.27. The zero-order valence-electron chi connectivity index (χ0n) is 27.2. The highest BCUT2D eigenvalue weighted by atomic mass is 19.1. The molecule has 0 bridgehead atoms. The number of fused-ring (bicyclic) bond motifs is 1. The van der Waals surface area contributed by atoms with Crippen molar-refractivity contribution in [2.45, 2.75) is 103 Å². The molecule has 3 fully saturated rings. The van der Waals surface area contributed by atoms with E-state index in [1.807, 2.05) is 17.0 Å². The van der Waals surface area contributed by atoms with Gasteiger partial charge in [0, 0.05) is 37.4 Å². The van der Waals surface area contributed by atoms with E-state index < -0.39 is 24.7 Å². The van der Waals surface area contributed by atoms with Crippen LogP contribution in [0.3, 0.4) is 0 Å². The van der Waals surface area contributed by atoms with Crippen LogP contribution < -0.4 is 5.73 Å². The standard InChI is InChI=1S/C36H51FN2O6/c1-22(2)15-17-44-36(42)33-20-27-18-23(4-13-32(27)45-33)19-31(40)34-29(24-9-11-28(43-3)12-10-24)14-16-39(34)35(41)26-7-5-25(6-8-26)30(38)21-37/h4,13,18,20,22,24-26,28-30,34H,5-12,14-17,19,21,38H2,1-3H3/t24?,25?,26?,28?,29-,30+,34-/m0/s1. The molecule has 1 saturated heterocycles. The first-order valence-electron chi connectivity index (χ1n) is 17.1. The first-order valence-corrected chi connectivity index (χ1v) is 17.1. The summed E-state index contributed by atoms with van der Waals surface area (Å²) in [5, 5.41) is 0.744. The maximum atomic E-state index is 14.2. The molecule has 0 unspecified atom stereocenters. The number of methoxy groups -OCH3 is 1. The molecule has 2 saturated carbocycles. The summed E-state index contributed by atoms with van der Waals surface area (Å²) in [7, 11) is 1.76. The van der Waals surface area contributed by atoms with Crippen LogP contribution in [-0.2, 0) is 25.5 Å². The van der Waals surface area contributed by atoms with E-state index in [2.05, 4.69) is 13.8 Å². The van der Waals surface area contributed by atoms with Crippen molar-refractivity contribution in [3.8, 4) is 0 Å². The molecule has 2 heterocycles. The number of nitrogens with two attached hydrogens (primary N) is 1. The Morgan fingerprint density at radius 1 is 1.02 bits per heavy atom. The lowest BCUT2D eigenvalue weighted by Gasteiger charge is -2.37. The monoisotopic (exact) mass is 626 g/mol. The van der Waals surface area contributed by atoms with Crippen molar-refractivity contribution in [1.82, 2.24) is 4.90 Å². The van der Waals surface area contributed by atoms with Crippen LogP contribution in [0.5, 0.6) is 0 Å². The van der Waals surface area contributed by atoms with Crippen LogP contribution in [0, 0.1) is 29.6 Å². The molecular weight excluding hydrogens is 575 g/mol. The van der Waals surface area contributed by atoms with E-state index in [4.69, 9.17) is 19.6 Å². The third-order valence-corrected chi connectivity index (χ3v) is 10.7. The number of carbonyl (C=O) groups is 3. The number of esters is 1. The fourth-order valence-electron chi connectivity index (χ4n) is 7.94. The van der Waals surface area contributed by atoms with Crippen molar-refractivity contribution in [3.05, 3.63) is 35.6 Å². The highest BCUT2D eigenvalue weighted by Gasteiger charge is 2.47. The largest absolute Gasteiger partial charge is 0.460 e. The van der Waals surface area contributed by atoms with Crippen LogP contribution in [0.2, 0.25) is 0 Å². The summed E-state index contributed by atoms with van der Waals surface area (Å²) in [6.45, 7) is 4.54. The van der Waals surface area contributed by atoms with Gasteiger partial charge in [-0.3, -0.25) is 9.59 Å². The molecule has 0 radical (unpaired) electrons. The number of furan rings is 1. The van der Waals surface area contributed by atoms with Crippen LogP contribution in [0.25, 0.3) is 11.0 Å². The van der Waals surface area contributed by atoms with Gasteiger partial charge in [-0.1, -0.05) is 19.9 Å². The van der Waals surface area contributed by atoms with Gasteiger partial charge in [-0.25, -0.2) is 9.18 Å². The fraction of sp³-hybridized carbons (Fsp3) is 0.694. The number of Topliss-reactive ketones (excluding diaryl/α,β-unsaturated/α-hetero) is 1. The quantitative estimate of drug-likeness (QED) is 0.276. The molecule has 248 valence electrons. The van der Waals surface area contributed by atoms with Gasteiger partial charge in [0.05, 0.1) is 18.8 Å². The molecule has 1 amide bonds. The highest BCUT2D eigenvalue weighted by Crippen LogP contribution is 2.42. The average molecular weight is 627 g/mol.